The first-order valence-corrected chi connectivity index (χ1v) is 9.79. The maximum atomic E-state index is 12.4. The van der Waals surface area contributed by atoms with Gasteiger partial charge in [-0.3, -0.25) is 14.5 Å². The Bertz CT molecular complexity index is 963. The highest BCUT2D eigenvalue weighted by atomic mass is 32.2. The SMILES string of the molecule is Cc1[nH]c(SCCN2C(=O)c3ccccc3C2=O)nc1Cc1ccccc1. The molecule has 0 fully saturated rings. The summed E-state index contributed by atoms with van der Waals surface area (Å²) in [5, 5.41) is 0.815. The molecule has 136 valence electrons. The second kappa shape index (κ2) is 7.40. The Morgan fingerprint density at radius 1 is 0.963 bits per heavy atom. The van der Waals surface area contributed by atoms with Crippen molar-refractivity contribution in [3.05, 3.63) is 82.7 Å². The third kappa shape index (κ3) is 3.53. The number of carbonyl (C=O) groups excluding carboxylic acids is 2. The first-order chi connectivity index (χ1) is 13.1. The second-order valence-electron chi connectivity index (χ2n) is 6.43. The number of amides is 2. The highest BCUT2D eigenvalue weighted by Crippen LogP contribution is 2.24. The number of benzene rings is 2. The van der Waals surface area contributed by atoms with E-state index in [1.54, 1.807) is 24.3 Å². The van der Waals surface area contributed by atoms with E-state index in [0.29, 0.717) is 23.4 Å². The number of fused-ring (bicyclic) bond motifs is 1. The first kappa shape index (κ1) is 17.5. The molecule has 0 aliphatic carbocycles. The predicted octanol–water partition coefficient (Wildman–Crippen LogP) is 3.70. The van der Waals surface area contributed by atoms with Crippen molar-refractivity contribution in [1.29, 1.82) is 0 Å². The van der Waals surface area contributed by atoms with Gasteiger partial charge in [0.25, 0.3) is 11.8 Å². The summed E-state index contributed by atoms with van der Waals surface area (Å²) in [5.74, 6) is 0.177. The number of aromatic nitrogens is 2. The summed E-state index contributed by atoms with van der Waals surface area (Å²) in [4.78, 5) is 34.0. The summed E-state index contributed by atoms with van der Waals surface area (Å²) in [6.45, 7) is 2.38. The number of imide groups is 1. The number of aryl methyl sites for hydroxylation is 1. The normalized spacial score (nSPS) is 13.3. The first-order valence-electron chi connectivity index (χ1n) is 8.81. The molecule has 4 rings (SSSR count). The lowest BCUT2D eigenvalue weighted by molar-refractivity contribution is 0.0664. The van der Waals surface area contributed by atoms with Crippen molar-refractivity contribution >= 4 is 23.6 Å². The minimum absolute atomic E-state index is 0.211. The maximum Gasteiger partial charge on any atom is 0.261 e. The van der Waals surface area contributed by atoms with E-state index in [-0.39, 0.29) is 11.8 Å². The van der Waals surface area contributed by atoms with Gasteiger partial charge < -0.3 is 4.98 Å². The Labute approximate surface area is 161 Å². The van der Waals surface area contributed by atoms with Crippen LogP contribution in [0.2, 0.25) is 0 Å². The average molecular weight is 377 g/mol. The van der Waals surface area contributed by atoms with Gasteiger partial charge in [0.15, 0.2) is 5.16 Å². The fourth-order valence-electron chi connectivity index (χ4n) is 3.17. The molecule has 6 heteroatoms. The standard InChI is InChI=1S/C21H19N3O2S/c1-14-18(13-15-7-3-2-4-8-15)23-21(22-14)27-12-11-24-19(25)16-9-5-6-10-17(16)20(24)26/h2-10H,11-13H2,1H3,(H,22,23). The van der Waals surface area contributed by atoms with Crippen molar-refractivity contribution in [2.24, 2.45) is 0 Å². The number of nitrogens with one attached hydrogen (secondary N) is 1. The van der Waals surface area contributed by atoms with Crippen LogP contribution < -0.4 is 0 Å². The summed E-state index contributed by atoms with van der Waals surface area (Å²) in [5.41, 5.74) is 4.26. The van der Waals surface area contributed by atoms with Crippen LogP contribution in [0.1, 0.15) is 37.7 Å². The molecule has 1 aromatic heterocycles. The smallest absolute Gasteiger partial charge is 0.261 e. The lowest BCUT2D eigenvalue weighted by Crippen LogP contribution is -2.31. The molecule has 2 heterocycles. The van der Waals surface area contributed by atoms with E-state index in [2.05, 4.69) is 22.1 Å². The van der Waals surface area contributed by atoms with E-state index < -0.39 is 0 Å². The van der Waals surface area contributed by atoms with Gasteiger partial charge in [0.05, 0.1) is 16.8 Å². The molecule has 5 nitrogen and oxygen atoms in total. The van der Waals surface area contributed by atoms with Crippen molar-refractivity contribution < 1.29 is 9.59 Å². The summed E-state index contributed by atoms with van der Waals surface area (Å²) in [6.07, 6.45) is 0.780. The van der Waals surface area contributed by atoms with Crippen molar-refractivity contribution in [3.63, 3.8) is 0 Å². The van der Waals surface area contributed by atoms with Gasteiger partial charge in [0, 0.05) is 24.4 Å². The van der Waals surface area contributed by atoms with Gasteiger partial charge in [-0.05, 0) is 24.6 Å². The summed E-state index contributed by atoms with van der Waals surface area (Å²) >= 11 is 1.52. The highest BCUT2D eigenvalue weighted by Gasteiger charge is 2.34. The summed E-state index contributed by atoms with van der Waals surface area (Å²) < 4.78 is 0. The van der Waals surface area contributed by atoms with Crippen LogP contribution in [0.5, 0.6) is 0 Å². The second-order valence-corrected chi connectivity index (χ2v) is 7.52. The lowest BCUT2D eigenvalue weighted by Gasteiger charge is -2.12. The lowest BCUT2D eigenvalue weighted by atomic mass is 10.1. The predicted molar refractivity (Wildman–Crippen MR) is 105 cm³/mol. The van der Waals surface area contributed by atoms with Crippen LogP contribution in [0.25, 0.3) is 0 Å². The molecule has 2 aromatic carbocycles. The van der Waals surface area contributed by atoms with Crippen LogP contribution in [0.4, 0.5) is 0 Å². The summed E-state index contributed by atoms with van der Waals surface area (Å²) in [6, 6.07) is 17.2. The number of aromatic amines is 1. The Kier molecular flexibility index (Phi) is 4.81. The summed E-state index contributed by atoms with van der Waals surface area (Å²) in [7, 11) is 0. The van der Waals surface area contributed by atoms with Gasteiger partial charge in [-0.25, -0.2) is 4.98 Å². The van der Waals surface area contributed by atoms with E-state index in [1.807, 2.05) is 25.1 Å². The third-order valence-corrected chi connectivity index (χ3v) is 5.46. The fraction of sp³-hybridized carbons (Fsp3) is 0.190. The molecule has 1 aliphatic rings. The van der Waals surface area contributed by atoms with E-state index in [4.69, 9.17) is 0 Å². The van der Waals surface area contributed by atoms with Crippen LogP contribution in [0, 0.1) is 6.92 Å². The number of thioether (sulfide) groups is 1. The molecule has 1 N–H and O–H groups in total. The minimum atomic E-state index is -0.211. The highest BCUT2D eigenvalue weighted by molar-refractivity contribution is 7.99. The Morgan fingerprint density at radius 2 is 1.59 bits per heavy atom. The topological polar surface area (TPSA) is 66.1 Å². The molecule has 2 amide bonds. The van der Waals surface area contributed by atoms with Crippen LogP contribution in [0.15, 0.2) is 59.8 Å². The zero-order chi connectivity index (χ0) is 18.8. The van der Waals surface area contributed by atoms with Crippen molar-refractivity contribution in [3.8, 4) is 0 Å². The zero-order valence-corrected chi connectivity index (χ0v) is 15.8. The van der Waals surface area contributed by atoms with Crippen LogP contribution in [-0.4, -0.2) is 39.0 Å². The van der Waals surface area contributed by atoms with E-state index >= 15 is 0 Å². The monoisotopic (exact) mass is 377 g/mol. The maximum absolute atomic E-state index is 12.4. The van der Waals surface area contributed by atoms with Crippen molar-refractivity contribution in [1.82, 2.24) is 14.9 Å². The molecule has 0 radical (unpaired) electrons. The minimum Gasteiger partial charge on any atom is -0.337 e. The number of hydrogen-bond acceptors (Lipinski definition) is 4. The molecular weight excluding hydrogens is 358 g/mol. The molecule has 3 aromatic rings. The van der Waals surface area contributed by atoms with E-state index in [1.165, 1.54) is 22.2 Å². The Balaban J connectivity index is 1.37. The van der Waals surface area contributed by atoms with Gasteiger partial charge in [0.1, 0.15) is 0 Å². The molecular formula is C21H19N3O2S. The van der Waals surface area contributed by atoms with Gasteiger partial charge in [0.2, 0.25) is 0 Å². The Hall–Kier alpha value is -2.86. The number of H-pyrrole nitrogens is 1. The number of imidazole rings is 1. The number of rotatable bonds is 6. The molecule has 27 heavy (non-hydrogen) atoms. The molecule has 0 unspecified atom stereocenters. The fourth-order valence-corrected chi connectivity index (χ4v) is 4.04. The van der Waals surface area contributed by atoms with Crippen LogP contribution in [0.3, 0.4) is 0 Å². The third-order valence-electron chi connectivity index (χ3n) is 4.61. The van der Waals surface area contributed by atoms with Gasteiger partial charge in [-0.1, -0.05) is 54.2 Å². The number of carbonyl (C=O) groups is 2. The number of nitrogens with zero attached hydrogens (tertiary/aromatic N) is 2. The molecule has 1 aliphatic heterocycles. The van der Waals surface area contributed by atoms with Crippen LogP contribution in [-0.2, 0) is 6.42 Å². The average Bonchev–Trinajstić information content (AvgIpc) is 3.15. The quantitative estimate of drug-likeness (QED) is 0.525. The number of hydrogen-bond donors (Lipinski definition) is 1. The molecule has 0 atom stereocenters. The van der Waals surface area contributed by atoms with E-state index in [9.17, 15) is 9.59 Å². The largest absolute Gasteiger partial charge is 0.337 e. The van der Waals surface area contributed by atoms with Gasteiger partial charge in [-0.2, -0.15) is 0 Å². The van der Waals surface area contributed by atoms with E-state index in [0.717, 1.165) is 23.0 Å². The van der Waals surface area contributed by atoms with Crippen LogP contribution >= 0.6 is 11.8 Å². The van der Waals surface area contributed by atoms with Gasteiger partial charge in [-0.15, -0.1) is 0 Å². The van der Waals surface area contributed by atoms with Gasteiger partial charge >= 0.3 is 0 Å². The molecule has 0 bridgehead atoms. The van der Waals surface area contributed by atoms with Crippen molar-refractivity contribution in [2.45, 2.75) is 18.5 Å². The Morgan fingerprint density at radius 3 is 2.26 bits per heavy atom. The molecule has 0 saturated carbocycles. The molecule has 0 saturated heterocycles. The zero-order valence-electron chi connectivity index (χ0n) is 14.9. The molecule has 0 spiro atoms. The van der Waals surface area contributed by atoms with Crippen molar-refractivity contribution in [2.75, 3.05) is 12.3 Å².